The molecular weight excluding hydrogens is 420 g/mol. The summed E-state index contributed by atoms with van der Waals surface area (Å²) in [5.41, 5.74) is 1.63. The van der Waals surface area contributed by atoms with Crippen molar-refractivity contribution in [3.8, 4) is 5.75 Å². The van der Waals surface area contributed by atoms with E-state index < -0.39 is 0 Å². The van der Waals surface area contributed by atoms with Crippen LogP contribution in [0.15, 0.2) is 58.4 Å². The Kier molecular flexibility index (Phi) is 7.96. The van der Waals surface area contributed by atoms with Gasteiger partial charge in [-0.2, -0.15) is 0 Å². The minimum absolute atomic E-state index is 0.0877. The number of benzene rings is 2. The first-order chi connectivity index (χ1) is 14.5. The number of methoxy groups -OCH3 is 1. The number of carbonyl (C=O) groups excluding carboxylic acids is 1. The van der Waals surface area contributed by atoms with Gasteiger partial charge >= 0.3 is 0 Å². The molecule has 0 unspecified atom stereocenters. The Balaban J connectivity index is 1.86. The fourth-order valence-corrected chi connectivity index (χ4v) is 4.00. The average molecular weight is 445 g/mol. The van der Waals surface area contributed by atoms with Gasteiger partial charge in [0, 0.05) is 7.11 Å². The van der Waals surface area contributed by atoms with Gasteiger partial charge in [-0.15, -0.1) is 0 Å². The van der Waals surface area contributed by atoms with Crippen LogP contribution >= 0.6 is 23.4 Å². The fraction of sp³-hybridized carbons (Fsp3) is 0.304. The maximum absolute atomic E-state index is 13.0. The van der Waals surface area contributed by atoms with Gasteiger partial charge < -0.3 is 9.47 Å². The second kappa shape index (κ2) is 10.7. The molecule has 1 amide bonds. The van der Waals surface area contributed by atoms with Gasteiger partial charge in [0.05, 0.1) is 34.9 Å². The zero-order valence-electron chi connectivity index (χ0n) is 17.3. The van der Waals surface area contributed by atoms with Crippen molar-refractivity contribution >= 4 is 46.2 Å². The summed E-state index contributed by atoms with van der Waals surface area (Å²) < 4.78 is 11.0. The molecule has 0 bridgehead atoms. The van der Waals surface area contributed by atoms with E-state index in [4.69, 9.17) is 21.1 Å². The Bertz CT molecular complexity index is 947. The Morgan fingerprint density at radius 1 is 1.23 bits per heavy atom. The molecule has 0 N–H and O–H groups in total. The Labute approximate surface area is 186 Å². The van der Waals surface area contributed by atoms with Gasteiger partial charge in [0.15, 0.2) is 5.17 Å². The van der Waals surface area contributed by atoms with Crippen LogP contribution < -0.4 is 4.74 Å². The van der Waals surface area contributed by atoms with Crippen LogP contribution in [0, 0.1) is 0 Å². The van der Waals surface area contributed by atoms with E-state index in [-0.39, 0.29) is 12.0 Å². The number of halogens is 1. The Morgan fingerprint density at radius 2 is 2.00 bits per heavy atom. The zero-order chi connectivity index (χ0) is 21.5. The summed E-state index contributed by atoms with van der Waals surface area (Å²) in [7, 11) is 1.61. The van der Waals surface area contributed by atoms with E-state index in [1.807, 2.05) is 61.5 Å². The number of nitrogens with zero attached hydrogens (tertiary/aromatic N) is 2. The summed E-state index contributed by atoms with van der Waals surface area (Å²) in [5, 5.41) is 1.16. The van der Waals surface area contributed by atoms with E-state index in [9.17, 15) is 4.79 Å². The number of ether oxygens (including phenoxy) is 2. The van der Waals surface area contributed by atoms with Crippen LogP contribution in [0.1, 0.15) is 25.8 Å². The number of hydrogen-bond donors (Lipinski definition) is 0. The number of amidine groups is 1. The largest absolute Gasteiger partial charge is 0.489 e. The fourth-order valence-electron chi connectivity index (χ4n) is 2.74. The molecule has 1 heterocycles. The lowest BCUT2D eigenvalue weighted by Gasteiger charge is -2.14. The summed E-state index contributed by atoms with van der Waals surface area (Å²) in [6.07, 6.45) is 2.82. The predicted molar refractivity (Wildman–Crippen MR) is 125 cm³/mol. The van der Waals surface area contributed by atoms with Crippen LogP contribution in [0.4, 0.5) is 5.69 Å². The monoisotopic (exact) mass is 444 g/mol. The average Bonchev–Trinajstić information content (AvgIpc) is 3.03. The molecule has 3 rings (SSSR count). The summed E-state index contributed by atoms with van der Waals surface area (Å²) in [4.78, 5) is 19.9. The van der Waals surface area contributed by atoms with Gasteiger partial charge in [0.1, 0.15) is 5.75 Å². The second-order valence-corrected chi connectivity index (χ2v) is 8.23. The molecule has 0 radical (unpaired) electrons. The number of rotatable bonds is 8. The Morgan fingerprint density at radius 3 is 2.67 bits per heavy atom. The zero-order valence-corrected chi connectivity index (χ0v) is 18.9. The molecule has 1 saturated heterocycles. The third-order valence-electron chi connectivity index (χ3n) is 4.54. The molecule has 0 spiro atoms. The van der Waals surface area contributed by atoms with E-state index in [2.05, 4.69) is 11.9 Å². The maximum Gasteiger partial charge on any atom is 0.266 e. The molecule has 0 aliphatic carbocycles. The molecule has 158 valence electrons. The quantitative estimate of drug-likeness (QED) is 0.485. The van der Waals surface area contributed by atoms with Crippen LogP contribution in [0.25, 0.3) is 6.08 Å². The molecule has 2 aromatic rings. The highest BCUT2D eigenvalue weighted by atomic mass is 35.5. The molecule has 0 aromatic heterocycles. The van der Waals surface area contributed by atoms with E-state index in [1.165, 1.54) is 11.8 Å². The third kappa shape index (κ3) is 5.65. The summed E-state index contributed by atoms with van der Waals surface area (Å²) in [5.74, 6) is 0.550. The first kappa shape index (κ1) is 22.4. The van der Waals surface area contributed by atoms with Crippen molar-refractivity contribution in [2.45, 2.75) is 26.4 Å². The molecule has 7 heteroatoms. The van der Waals surface area contributed by atoms with E-state index >= 15 is 0 Å². The lowest BCUT2D eigenvalue weighted by atomic mass is 10.2. The van der Waals surface area contributed by atoms with Gasteiger partial charge in [0.25, 0.3) is 5.91 Å². The molecular formula is C23H25ClN2O3S. The highest BCUT2D eigenvalue weighted by Gasteiger charge is 2.33. The van der Waals surface area contributed by atoms with Gasteiger partial charge in [0.2, 0.25) is 0 Å². The van der Waals surface area contributed by atoms with Crippen molar-refractivity contribution in [2.75, 3.05) is 20.3 Å². The van der Waals surface area contributed by atoms with Gasteiger partial charge in [-0.1, -0.05) is 42.8 Å². The molecule has 1 aliphatic heterocycles. The minimum atomic E-state index is -0.0946. The van der Waals surface area contributed by atoms with Crippen LogP contribution in [-0.2, 0) is 9.53 Å². The smallest absolute Gasteiger partial charge is 0.266 e. The minimum Gasteiger partial charge on any atom is -0.489 e. The highest BCUT2D eigenvalue weighted by molar-refractivity contribution is 8.18. The molecule has 0 saturated carbocycles. The van der Waals surface area contributed by atoms with Gasteiger partial charge in [-0.25, -0.2) is 4.99 Å². The normalized spacial score (nSPS) is 17.7. The lowest BCUT2D eigenvalue weighted by molar-refractivity contribution is -0.122. The van der Waals surface area contributed by atoms with E-state index in [1.54, 1.807) is 12.0 Å². The molecule has 1 fully saturated rings. The standard InChI is InChI=1S/C23H25ClN2O3S/c1-4-16(2)29-20-11-10-17(14-19(20)24)15-21-22(27)26(12-13-28-3)23(30-21)25-18-8-6-5-7-9-18/h5-11,14-16H,4,12-13H2,1-3H3/b21-15-,25-23?/t16-/m1/s1. The maximum atomic E-state index is 13.0. The Hall–Kier alpha value is -2.28. The third-order valence-corrected chi connectivity index (χ3v) is 5.85. The summed E-state index contributed by atoms with van der Waals surface area (Å²) in [6.45, 7) is 4.93. The second-order valence-electron chi connectivity index (χ2n) is 6.82. The van der Waals surface area contributed by atoms with Crippen molar-refractivity contribution in [1.29, 1.82) is 0 Å². The number of aliphatic imine (C=N–C) groups is 1. The number of hydrogen-bond acceptors (Lipinski definition) is 5. The first-order valence-corrected chi connectivity index (χ1v) is 11.0. The molecule has 30 heavy (non-hydrogen) atoms. The lowest BCUT2D eigenvalue weighted by Crippen LogP contribution is -2.32. The predicted octanol–water partition coefficient (Wildman–Crippen LogP) is 5.77. The molecule has 1 atom stereocenters. The topological polar surface area (TPSA) is 51.1 Å². The molecule has 2 aromatic carbocycles. The number of thioether (sulfide) groups is 1. The van der Waals surface area contributed by atoms with Crippen molar-refractivity contribution in [3.05, 3.63) is 64.0 Å². The van der Waals surface area contributed by atoms with Crippen LogP contribution in [0.5, 0.6) is 5.75 Å². The van der Waals surface area contributed by atoms with Crippen LogP contribution in [0.3, 0.4) is 0 Å². The van der Waals surface area contributed by atoms with Crippen LogP contribution in [0.2, 0.25) is 5.02 Å². The van der Waals surface area contributed by atoms with Gasteiger partial charge in [-0.05, 0) is 61.0 Å². The molecule has 5 nitrogen and oxygen atoms in total. The van der Waals surface area contributed by atoms with Crippen LogP contribution in [-0.4, -0.2) is 42.3 Å². The van der Waals surface area contributed by atoms with Crippen molar-refractivity contribution in [1.82, 2.24) is 4.90 Å². The van der Waals surface area contributed by atoms with E-state index in [0.29, 0.717) is 34.0 Å². The number of carbonyl (C=O) groups is 1. The summed E-state index contributed by atoms with van der Waals surface area (Å²) in [6, 6.07) is 15.1. The van der Waals surface area contributed by atoms with Crippen molar-refractivity contribution in [3.63, 3.8) is 0 Å². The number of amides is 1. The number of para-hydroxylation sites is 1. The summed E-state index contributed by atoms with van der Waals surface area (Å²) >= 11 is 7.74. The van der Waals surface area contributed by atoms with Crippen molar-refractivity contribution in [2.24, 2.45) is 4.99 Å². The highest BCUT2D eigenvalue weighted by Crippen LogP contribution is 2.35. The molecule has 1 aliphatic rings. The van der Waals surface area contributed by atoms with Crippen molar-refractivity contribution < 1.29 is 14.3 Å². The van der Waals surface area contributed by atoms with E-state index in [0.717, 1.165) is 17.7 Å². The first-order valence-electron chi connectivity index (χ1n) is 9.82. The SMILES string of the molecule is CC[C@@H](C)Oc1ccc(/C=C2\SC(=Nc3ccccc3)N(CCOC)C2=O)cc1Cl. The van der Waals surface area contributed by atoms with Gasteiger partial charge in [-0.3, -0.25) is 9.69 Å².